The van der Waals surface area contributed by atoms with Gasteiger partial charge in [0.05, 0.1) is 26.4 Å². The number of hydrogen-bond donors (Lipinski definition) is 3. The van der Waals surface area contributed by atoms with Crippen molar-refractivity contribution in [3.8, 4) is 0 Å². The summed E-state index contributed by atoms with van der Waals surface area (Å²) in [5.74, 6) is -1.35. The van der Waals surface area contributed by atoms with Crippen LogP contribution in [0.25, 0.3) is 0 Å². The van der Waals surface area contributed by atoms with Gasteiger partial charge in [0.1, 0.15) is 19.3 Å². The fraction of sp³-hybridized carbons (Fsp3) is 0.946. The zero-order valence-electron chi connectivity index (χ0n) is 60.4. The van der Waals surface area contributed by atoms with E-state index in [2.05, 4.69) is 34.6 Å². The van der Waals surface area contributed by atoms with Crippen molar-refractivity contribution in [1.82, 2.24) is 0 Å². The Labute approximate surface area is 568 Å². The van der Waals surface area contributed by atoms with Gasteiger partial charge in [-0.05, 0) is 31.6 Å². The number of phosphoric acid groups is 2. The number of unbranched alkanes of at least 4 members (excludes halogenated alkanes) is 46. The third-order valence-electron chi connectivity index (χ3n) is 17.3. The number of carbonyl (C=O) groups excluding carboxylic acids is 4. The van der Waals surface area contributed by atoms with Crippen LogP contribution >= 0.6 is 15.6 Å². The summed E-state index contributed by atoms with van der Waals surface area (Å²) in [5, 5.41) is 10.6. The van der Waals surface area contributed by atoms with Crippen molar-refractivity contribution < 1.29 is 80.2 Å². The van der Waals surface area contributed by atoms with E-state index in [4.69, 9.17) is 37.0 Å². The highest BCUT2D eigenvalue weighted by Crippen LogP contribution is 2.45. The van der Waals surface area contributed by atoms with Crippen molar-refractivity contribution in [2.24, 2.45) is 5.92 Å². The third-order valence-corrected chi connectivity index (χ3v) is 19.2. The van der Waals surface area contributed by atoms with Crippen molar-refractivity contribution in [3.05, 3.63) is 0 Å². The van der Waals surface area contributed by atoms with Crippen LogP contribution in [0.5, 0.6) is 0 Å². The van der Waals surface area contributed by atoms with Crippen LogP contribution < -0.4 is 0 Å². The molecule has 0 saturated heterocycles. The number of ether oxygens (including phenoxy) is 4. The van der Waals surface area contributed by atoms with Crippen LogP contribution in [0.15, 0.2) is 0 Å². The van der Waals surface area contributed by atoms with Gasteiger partial charge in [0.15, 0.2) is 12.2 Å². The zero-order valence-corrected chi connectivity index (χ0v) is 62.2. The molecule has 0 aromatic rings. The highest BCUT2D eigenvalue weighted by Gasteiger charge is 2.30. The Morgan fingerprint density at radius 2 is 0.495 bits per heavy atom. The van der Waals surface area contributed by atoms with Crippen molar-refractivity contribution in [3.63, 3.8) is 0 Å². The lowest BCUT2D eigenvalue weighted by Gasteiger charge is -2.21. The number of hydrogen-bond acceptors (Lipinski definition) is 15. The first-order valence-corrected chi connectivity index (χ1v) is 41.6. The van der Waals surface area contributed by atoms with Crippen LogP contribution in [-0.4, -0.2) is 96.7 Å². The molecule has 3 N–H and O–H groups in total. The molecule has 0 aliphatic heterocycles. The maximum atomic E-state index is 13.1. The average Bonchev–Trinajstić information content (AvgIpc) is 2.36. The summed E-state index contributed by atoms with van der Waals surface area (Å²) in [5.41, 5.74) is 0. The highest BCUT2D eigenvalue weighted by molar-refractivity contribution is 7.47. The maximum absolute atomic E-state index is 13.1. The third kappa shape index (κ3) is 68.4. The van der Waals surface area contributed by atoms with E-state index in [-0.39, 0.29) is 25.7 Å². The molecule has 0 amide bonds. The van der Waals surface area contributed by atoms with E-state index in [1.165, 1.54) is 212 Å². The van der Waals surface area contributed by atoms with E-state index >= 15 is 0 Å². The summed E-state index contributed by atoms with van der Waals surface area (Å²) >= 11 is 0. The number of carbonyl (C=O) groups is 4. The SMILES string of the molecule is CCCCCCCCCCCCCCCCCCC(=O)O[C@H](COC(=O)CCCCCCCCCCCCC(C)C)COP(=O)(O)OC[C@@H](O)COP(=O)(O)OC[C@@H](COC(=O)CCCCCCCCCCCCCC)OC(=O)CCCCCCCCCCCCCC. The summed E-state index contributed by atoms with van der Waals surface area (Å²) in [6.45, 7) is 7.28. The first-order chi connectivity index (χ1) is 45.0. The fourth-order valence-electron chi connectivity index (χ4n) is 11.4. The molecular formula is C74H144O17P2. The predicted octanol–water partition coefficient (Wildman–Crippen LogP) is 21.7. The lowest BCUT2D eigenvalue weighted by Crippen LogP contribution is -2.30. The van der Waals surface area contributed by atoms with Gasteiger partial charge in [0, 0.05) is 25.7 Å². The van der Waals surface area contributed by atoms with Crippen LogP contribution in [0.4, 0.5) is 0 Å². The molecule has 0 fully saturated rings. The molecule has 0 radical (unpaired) electrons. The number of aliphatic hydroxyl groups is 1. The molecule has 552 valence electrons. The Balaban J connectivity index is 5.25. The van der Waals surface area contributed by atoms with Crippen LogP contribution in [0.1, 0.15) is 388 Å². The molecule has 0 aliphatic carbocycles. The van der Waals surface area contributed by atoms with Crippen molar-refractivity contribution in [2.75, 3.05) is 39.6 Å². The molecule has 93 heavy (non-hydrogen) atoms. The summed E-state index contributed by atoms with van der Waals surface area (Å²) in [4.78, 5) is 72.7. The van der Waals surface area contributed by atoms with E-state index in [0.717, 1.165) is 95.8 Å². The average molecular weight is 1370 g/mol. The largest absolute Gasteiger partial charge is 0.472 e. The van der Waals surface area contributed by atoms with E-state index in [0.29, 0.717) is 25.7 Å². The number of esters is 4. The molecule has 0 aromatic carbocycles. The lowest BCUT2D eigenvalue weighted by molar-refractivity contribution is -0.161. The van der Waals surface area contributed by atoms with E-state index in [1.54, 1.807) is 0 Å². The maximum Gasteiger partial charge on any atom is 0.472 e. The standard InChI is InChI=1S/C74H144O17P2/c1-6-9-12-15-18-21-24-27-28-29-30-33-40-45-50-55-60-74(79)91-70(64-85-72(77)58-53-48-43-38-35-34-36-41-46-51-56-67(4)5)66-89-93(82,83)87-62-68(75)61-86-92(80,81)88-65-69(90-73(78)59-54-49-44-39-32-26-23-20-17-14-11-8-3)63-84-71(76)57-52-47-42-37-31-25-22-19-16-13-10-7-2/h67-70,75H,6-66H2,1-5H3,(H,80,81)(H,82,83)/t68-,69+,70+/m0/s1. The van der Waals surface area contributed by atoms with Crippen molar-refractivity contribution >= 4 is 39.5 Å². The minimum Gasteiger partial charge on any atom is -0.462 e. The number of phosphoric ester groups is 2. The molecule has 0 bridgehead atoms. The number of rotatable bonds is 74. The van der Waals surface area contributed by atoms with Crippen LogP contribution in [-0.2, 0) is 65.4 Å². The second kappa shape index (κ2) is 67.3. The molecule has 0 aromatic heterocycles. The second-order valence-electron chi connectivity index (χ2n) is 27.2. The Morgan fingerprint density at radius 1 is 0.290 bits per heavy atom. The Bertz CT molecular complexity index is 1790. The minimum absolute atomic E-state index is 0.108. The van der Waals surface area contributed by atoms with Gasteiger partial charge in [-0.1, -0.05) is 336 Å². The van der Waals surface area contributed by atoms with Gasteiger partial charge in [0.25, 0.3) is 0 Å². The monoisotopic (exact) mass is 1370 g/mol. The molecule has 0 spiro atoms. The molecule has 2 unspecified atom stereocenters. The van der Waals surface area contributed by atoms with E-state index < -0.39 is 97.5 Å². The zero-order chi connectivity index (χ0) is 68.4. The van der Waals surface area contributed by atoms with Gasteiger partial charge >= 0.3 is 39.5 Å². The topological polar surface area (TPSA) is 237 Å². The second-order valence-corrected chi connectivity index (χ2v) is 30.1. The molecule has 0 heterocycles. The molecule has 17 nitrogen and oxygen atoms in total. The van der Waals surface area contributed by atoms with Crippen LogP contribution in [0, 0.1) is 5.92 Å². The van der Waals surface area contributed by atoms with Crippen molar-refractivity contribution in [2.45, 2.75) is 406 Å². The summed E-state index contributed by atoms with van der Waals surface area (Å²) in [6.07, 6.45) is 55.3. The first kappa shape index (κ1) is 91.1. The quantitative estimate of drug-likeness (QED) is 0.0222. The molecular weight excluding hydrogens is 1220 g/mol. The Hall–Kier alpha value is -1.94. The normalized spacial score (nSPS) is 14.0. The lowest BCUT2D eigenvalue weighted by atomic mass is 10.0. The van der Waals surface area contributed by atoms with Crippen LogP contribution in [0.2, 0.25) is 0 Å². The van der Waals surface area contributed by atoms with Gasteiger partial charge in [-0.2, -0.15) is 0 Å². The molecule has 0 saturated carbocycles. The van der Waals surface area contributed by atoms with E-state index in [9.17, 15) is 43.2 Å². The molecule has 5 atom stereocenters. The molecule has 0 aliphatic rings. The molecule has 19 heteroatoms. The minimum atomic E-state index is -4.95. The Morgan fingerprint density at radius 3 is 0.731 bits per heavy atom. The summed E-state index contributed by atoms with van der Waals surface area (Å²) in [7, 11) is -9.91. The van der Waals surface area contributed by atoms with Gasteiger partial charge < -0.3 is 33.8 Å². The van der Waals surface area contributed by atoms with Crippen LogP contribution in [0.3, 0.4) is 0 Å². The highest BCUT2D eigenvalue weighted by atomic mass is 31.2. The number of aliphatic hydroxyl groups excluding tert-OH is 1. The van der Waals surface area contributed by atoms with Crippen molar-refractivity contribution in [1.29, 1.82) is 0 Å². The molecule has 0 rings (SSSR count). The van der Waals surface area contributed by atoms with Gasteiger partial charge in [-0.3, -0.25) is 37.3 Å². The van der Waals surface area contributed by atoms with E-state index in [1.807, 2.05) is 0 Å². The predicted molar refractivity (Wildman–Crippen MR) is 377 cm³/mol. The first-order valence-electron chi connectivity index (χ1n) is 38.6. The fourth-order valence-corrected chi connectivity index (χ4v) is 12.9. The smallest absolute Gasteiger partial charge is 0.462 e. The summed E-state index contributed by atoms with van der Waals surface area (Å²) < 4.78 is 68.5. The summed E-state index contributed by atoms with van der Waals surface area (Å²) in [6, 6.07) is 0. The van der Waals surface area contributed by atoms with Gasteiger partial charge in [-0.15, -0.1) is 0 Å². The van der Waals surface area contributed by atoms with Gasteiger partial charge in [-0.25, -0.2) is 9.13 Å². The Kier molecular flexibility index (Phi) is 65.9. The van der Waals surface area contributed by atoms with Gasteiger partial charge in [0.2, 0.25) is 0 Å².